The summed E-state index contributed by atoms with van der Waals surface area (Å²) in [6, 6.07) is 29.6. The van der Waals surface area contributed by atoms with Crippen LogP contribution in [0.25, 0.3) is 0 Å². The van der Waals surface area contributed by atoms with E-state index in [-0.39, 0.29) is 50.3 Å². The number of benzene rings is 3. The number of para-hydroxylation sites is 1. The molecule has 0 bridgehead atoms. The van der Waals surface area contributed by atoms with Crippen molar-refractivity contribution in [3.63, 3.8) is 0 Å². The number of ether oxygens (including phenoxy) is 1. The Morgan fingerprint density at radius 1 is 0.430 bits per heavy atom. The number of hydrogen-bond donors (Lipinski definition) is 10. The number of aryl methyl sites for hydroxylation is 1. The highest BCUT2D eigenvalue weighted by atomic mass is 16.5. The lowest BCUT2D eigenvalue weighted by Gasteiger charge is -2.35. The highest BCUT2D eigenvalue weighted by molar-refractivity contribution is 5.21. The molecule has 6 fully saturated rings. The van der Waals surface area contributed by atoms with Crippen LogP contribution >= 0.6 is 0 Å². The van der Waals surface area contributed by atoms with E-state index in [9.17, 15) is 15.3 Å². The first-order chi connectivity index (χ1) is 44.2. The summed E-state index contributed by atoms with van der Waals surface area (Å²) in [5.74, 6) is 6.82. The van der Waals surface area contributed by atoms with Gasteiger partial charge < -0.3 is 55.8 Å². The Morgan fingerprint density at radius 2 is 0.828 bits per heavy atom. The van der Waals surface area contributed by atoms with Crippen molar-refractivity contribution in [2.24, 2.45) is 64.1 Å². The molecule has 0 amide bonds. The van der Waals surface area contributed by atoms with Crippen LogP contribution in [0, 0.1) is 64.1 Å². The normalized spacial score (nSPS) is 23.5. The molecule has 0 aromatic heterocycles. The van der Waals surface area contributed by atoms with Crippen molar-refractivity contribution in [2.75, 3.05) is 39.6 Å². The van der Waals surface area contributed by atoms with Gasteiger partial charge in [-0.3, -0.25) is 0 Å². The molecule has 0 saturated heterocycles. The zero-order chi connectivity index (χ0) is 69.9. The van der Waals surface area contributed by atoms with Crippen molar-refractivity contribution in [1.29, 1.82) is 0 Å². The number of aliphatic hydroxyl groups is 10. The Bertz CT molecular complexity index is 1940. The molecule has 6 aliphatic rings. The zero-order valence-electron chi connectivity index (χ0n) is 61.9. The predicted molar refractivity (Wildman–Crippen MR) is 392 cm³/mol. The molecule has 0 radical (unpaired) electrons. The van der Waals surface area contributed by atoms with Crippen LogP contribution in [0.1, 0.15) is 274 Å². The molecule has 0 heterocycles. The van der Waals surface area contributed by atoms with Gasteiger partial charge in [0.1, 0.15) is 12.4 Å². The van der Waals surface area contributed by atoms with Crippen molar-refractivity contribution in [2.45, 2.75) is 307 Å². The Morgan fingerprint density at radius 3 is 1.15 bits per heavy atom. The van der Waals surface area contributed by atoms with Gasteiger partial charge in [0, 0.05) is 26.4 Å². The van der Waals surface area contributed by atoms with Gasteiger partial charge in [0.05, 0.1) is 37.1 Å². The van der Waals surface area contributed by atoms with Gasteiger partial charge in [-0.05, 0) is 209 Å². The minimum atomic E-state index is -0.0289. The van der Waals surface area contributed by atoms with Crippen LogP contribution < -0.4 is 4.74 Å². The van der Waals surface area contributed by atoms with E-state index in [1.54, 1.807) is 0 Å². The fraction of sp³-hybridized carbons (Fsp3) is 0.780. The fourth-order valence-electron chi connectivity index (χ4n) is 13.4. The van der Waals surface area contributed by atoms with Crippen LogP contribution in [0.2, 0.25) is 0 Å². The van der Waals surface area contributed by atoms with Crippen molar-refractivity contribution in [3.8, 4) is 5.75 Å². The summed E-state index contributed by atoms with van der Waals surface area (Å²) in [5, 5.41) is 89.1. The molecule has 0 spiro atoms. The summed E-state index contributed by atoms with van der Waals surface area (Å²) in [6.45, 7) is 30.8. The van der Waals surface area contributed by atoms with Crippen LogP contribution in [0.4, 0.5) is 0 Å². The smallest absolute Gasteiger partial charge is 0.119 e. The van der Waals surface area contributed by atoms with Crippen molar-refractivity contribution >= 4 is 0 Å². The molecule has 11 heteroatoms. The maximum Gasteiger partial charge on any atom is 0.119 e. The number of hydrogen-bond acceptors (Lipinski definition) is 11. The monoisotopic (exact) mass is 1310 g/mol. The Kier molecular flexibility index (Phi) is 54.2. The highest BCUT2D eigenvalue weighted by Gasteiger charge is 2.31. The van der Waals surface area contributed by atoms with E-state index in [2.05, 4.69) is 102 Å². The van der Waals surface area contributed by atoms with E-state index in [0.29, 0.717) is 66.2 Å². The third-order valence-corrected chi connectivity index (χ3v) is 19.2. The van der Waals surface area contributed by atoms with Gasteiger partial charge in [0.15, 0.2) is 0 Å². The lowest BCUT2D eigenvalue weighted by Crippen LogP contribution is -2.31. The van der Waals surface area contributed by atoms with E-state index >= 15 is 0 Å². The first-order valence-corrected chi connectivity index (χ1v) is 37.4. The lowest BCUT2D eigenvalue weighted by atomic mass is 9.72. The molecule has 9 rings (SSSR count). The van der Waals surface area contributed by atoms with Gasteiger partial charge in [0.25, 0.3) is 0 Å². The summed E-state index contributed by atoms with van der Waals surface area (Å²) in [4.78, 5) is 0. The lowest BCUT2D eigenvalue weighted by molar-refractivity contribution is 0.0263. The molecule has 542 valence electrons. The fourth-order valence-corrected chi connectivity index (χ4v) is 13.4. The van der Waals surface area contributed by atoms with Crippen LogP contribution in [-0.2, 0) is 12.8 Å². The van der Waals surface area contributed by atoms with Gasteiger partial charge in [-0.2, -0.15) is 0 Å². The molecule has 6 saturated carbocycles. The first-order valence-electron chi connectivity index (χ1n) is 37.4. The number of aliphatic hydroxyl groups excluding tert-OH is 10. The third-order valence-electron chi connectivity index (χ3n) is 19.2. The Labute approximate surface area is 571 Å². The summed E-state index contributed by atoms with van der Waals surface area (Å²) in [5.41, 5.74) is 3.35. The molecule has 0 aliphatic heterocycles. The summed E-state index contributed by atoms with van der Waals surface area (Å²) >= 11 is 0. The molecular formula is C82H148O11. The predicted octanol–water partition coefficient (Wildman–Crippen LogP) is 17.6. The van der Waals surface area contributed by atoms with Gasteiger partial charge in [-0.1, -0.05) is 233 Å². The van der Waals surface area contributed by atoms with Crippen molar-refractivity contribution in [1.82, 2.24) is 0 Å². The molecule has 10 N–H and O–H groups in total. The molecule has 7 atom stereocenters. The minimum Gasteiger partial charge on any atom is -0.491 e. The van der Waals surface area contributed by atoms with E-state index < -0.39 is 0 Å². The zero-order valence-corrected chi connectivity index (χ0v) is 61.9. The van der Waals surface area contributed by atoms with Gasteiger partial charge in [-0.15, -0.1) is 0 Å². The Hall–Kier alpha value is -2.94. The molecule has 6 aliphatic carbocycles. The van der Waals surface area contributed by atoms with Gasteiger partial charge >= 0.3 is 0 Å². The van der Waals surface area contributed by atoms with Gasteiger partial charge in [-0.25, -0.2) is 0 Å². The molecule has 11 nitrogen and oxygen atoms in total. The first kappa shape index (κ1) is 90.1. The molecular weight excluding hydrogens is 1160 g/mol. The van der Waals surface area contributed by atoms with Crippen LogP contribution in [0.15, 0.2) is 91.0 Å². The van der Waals surface area contributed by atoms with E-state index in [1.807, 2.05) is 78.9 Å². The van der Waals surface area contributed by atoms with E-state index in [1.165, 1.54) is 120 Å². The van der Waals surface area contributed by atoms with Gasteiger partial charge in [0.2, 0.25) is 0 Å². The number of rotatable bonds is 14. The summed E-state index contributed by atoms with van der Waals surface area (Å²) < 4.78 is 5.11. The van der Waals surface area contributed by atoms with Crippen LogP contribution in [0.5, 0.6) is 5.75 Å². The van der Waals surface area contributed by atoms with E-state index in [0.717, 1.165) is 101 Å². The summed E-state index contributed by atoms with van der Waals surface area (Å²) in [6.07, 6.45) is 33.4. The van der Waals surface area contributed by atoms with Crippen LogP contribution in [0.3, 0.4) is 0 Å². The standard InChI is InChI=1S/3C10H20O.C9H12O.C9H20O.C8H10O2.C8H10O.C7H14O.C6H12O.C5H10O/c1-10(2,3)8-4-6-9(11)7-5-8;2*1-7(2)9-5-4-8(3)6-10(9)11;10-8-4-7-9-5-2-1-3-6-9;1-8(5-6-10)7-9(2,3)4;9-6-7-10-8-4-2-1-3-5-8;9-7-6-8-4-2-1-3-5-8;8-6-7-4-2-1-3-5-7;7-6-4-2-1-3-5-6;6-5-3-1-2-4-5/h8-9,11H,4-7H2,1-3H3;2*7-11H,4-6H2,1-3H3;1-3,5-6,10H,4,7-8H2;8,10H,5-7H2,1-4H3;1-5,9H,6-7H2;1-5,9H,6-7H2;7-8H,1-6H2;6-7H,1-5H2;5-6H,1-4H2/t;8-,9?,10-;;;;;;;;/m.1......../s1. The molecule has 5 unspecified atom stereocenters. The minimum absolute atomic E-state index is 0.00593. The molecule has 3 aromatic rings. The molecule has 3 aromatic carbocycles. The van der Waals surface area contributed by atoms with E-state index in [4.69, 9.17) is 40.5 Å². The highest BCUT2D eigenvalue weighted by Crippen LogP contribution is 2.38. The van der Waals surface area contributed by atoms with Crippen molar-refractivity contribution in [3.05, 3.63) is 102 Å². The molecule has 93 heavy (non-hydrogen) atoms. The maximum atomic E-state index is 9.71. The second kappa shape index (κ2) is 56.0. The quantitative estimate of drug-likeness (QED) is 0.0734. The summed E-state index contributed by atoms with van der Waals surface area (Å²) in [7, 11) is 0. The average Bonchev–Trinajstić information content (AvgIpc) is 1.60. The maximum absolute atomic E-state index is 9.71. The SMILES string of the molecule is CC(C)(C)C1CCC(O)CC1.CC(C)C1CC[C@@H](C)C[C@H]1O.CC(CCO)CC(C)(C)C.CC1CCC(C(C)C)C(O)C1.OC1CCCC1.OC1CCCCC1.OCC1CCCCC1.OCCCc1ccccc1.OCCOc1ccccc1.OCCc1ccccc1. The Balaban J connectivity index is 0.00000102. The largest absolute Gasteiger partial charge is 0.491 e. The second-order valence-electron chi connectivity index (χ2n) is 31.1. The average molecular weight is 1310 g/mol. The third kappa shape index (κ3) is 51.0. The topological polar surface area (TPSA) is 212 Å². The van der Waals surface area contributed by atoms with Crippen LogP contribution in [-0.4, -0.2) is 121 Å². The second-order valence-corrected chi connectivity index (χ2v) is 31.1. The van der Waals surface area contributed by atoms with Crippen molar-refractivity contribution < 1.29 is 55.8 Å².